The van der Waals surface area contributed by atoms with Crippen LogP contribution in [0, 0.1) is 17.0 Å². The number of hydrogen-bond acceptors (Lipinski definition) is 6. The Morgan fingerprint density at radius 1 is 1.24 bits per heavy atom. The number of methoxy groups -OCH3 is 1. The number of benzene rings is 1. The van der Waals surface area contributed by atoms with Crippen LogP contribution in [0.5, 0.6) is 5.75 Å². The number of rotatable bonds is 4. The first-order valence-electron chi connectivity index (χ1n) is 5.87. The second-order valence-electron chi connectivity index (χ2n) is 4.17. The molecule has 0 aliphatic carbocycles. The van der Waals surface area contributed by atoms with Crippen LogP contribution < -0.4 is 4.74 Å². The van der Waals surface area contributed by atoms with Gasteiger partial charge in [0.2, 0.25) is 9.84 Å². The molecule has 0 aliphatic rings. The van der Waals surface area contributed by atoms with Crippen LogP contribution in [0.3, 0.4) is 0 Å². The zero-order chi connectivity index (χ0) is 15.6. The zero-order valence-electron chi connectivity index (χ0n) is 11.3. The van der Waals surface area contributed by atoms with Crippen LogP contribution in [-0.4, -0.2) is 25.4 Å². The molecule has 0 spiro atoms. The fourth-order valence-electron chi connectivity index (χ4n) is 1.96. The van der Waals surface area contributed by atoms with Crippen molar-refractivity contribution in [3.05, 3.63) is 52.2 Å². The fraction of sp³-hybridized carbons (Fsp3) is 0.154. The van der Waals surface area contributed by atoms with E-state index in [0.29, 0.717) is 0 Å². The van der Waals surface area contributed by atoms with Gasteiger partial charge in [-0.2, -0.15) is 0 Å². The quantitative estimate of drug-likeness (QED) is 0.633. The molecule has 0 aliphatic heterocycles. The molecule has 0 saturated heterocycles. The lowest BCUT2D eigenvalue weighted by Crippen LogP contribution is -2.09. The van der Waals surface area contributed by atoms with E-state index in [2.05, 4.69) is 4.98 Å². The van der Waals surface area contributed by atoms with Crippen LogP contribution in [-0.2, 0) is 9.84 Å². The Labute approximate surface area is 121 Å². The fourth-order valence-corrected chi connectivity index (χ4v) is 3.55. The highest BCUT2D eigenvalue weighted by Gasteiger charge is 2.30. The van der Waals surface area contributed by atoms with Crippen LogP contribution in [0.25, 0.3) is 0 Å². The summed E-state index contributed by atoms with van der Waals surface area (Å²) in [5.74, 6) is 0.0451. The van der Waals surface area contributed by atoms with Gasteiger partial charge in [-0.1, -0.05) is 6.07 Å². The first-order valence-corrected chi connectivity index (χ1v) is 7.36. The molecule has 0 unspecified atom stereocenters. The van der Waals surface area contributed by atoms with E-state index in [4.69, 9.17) is 4.74 Å². The number of pyridine rings is 1. The lowest BCUT2D eigenvalue weighted by atomic mass is 10.2. The van der Waals surface area contributed by atoms with E-state index in [0.717, 1.165) is 0 Å². The molecule has 0 atom stereocenters. The van der Waals surface area contributed by atoms with Gasteiger partial charge in [0, 0.05) is 17.8 Å². The number of nitro benzene ring substituents is 1. The summed E-state index contributed by atoms with van der Waals surface area (Å²) in [6.45, 7) is 1.37. The van der Waals surface area contributed by atoms with Crippen LogP contribution in [0.2, 0.25) is 0 Å². The molecule has 0 amide bonds. The molecule has 21 heavy (non-hydrogen) atoms. The summed E-state index contributed by atoms with van der Waals surface area (Å²) < 4.78 is 30.3. The van der Waals surface area contributed by atoms with E-state index >= 15 is 0 Å². The SMILES string of the molecule is COc1ccc([N+](=O)[O-])c(C)c1S(=O)(=O)c1ccccn1. The molecule has 0 saturated carbocycles. The number of sulfone groups is 1. The van der Waals surface area contributed by atoms with E-state index < -0.39 is 14.8 Å². The van der Waals surface area contributed by atoms with Gasteiger partial charge < -0.3 is 4.74 Å². The molecule has 0 N–H and O–H groups in total. The van der Waals surface area contributed by atoms with Gasteiger partial charge in [0.25, 0.3) is 5.69 Å². The molecule has 7 nitrogen and oxygen atoms in total. The Balaban J connectivity index is 2.79. The van der Waals surface area contributed by atoms with Crippen molar-refractivity contribution in [1.82, 2.24) is 4.98 Å². The minimum atomic E-state index is -4.01. The summed E-state index contributed by atoms with van der Waals surface area (Å²) in [6, 6.07) is 6.91. The second kappa shape index (κ2) is 5.49. The first-order chi connectivity index (χ1) is 9.89. The minimum Gasteiger partial charge on any atom is -0.495 e. The Bertz CT molecular complexity index is 788. The highest BCUT2D eigenvalue weighted by molar-refractivity contribution is 7.91. The average Bonchev–Trinajstić information content (AvgIpc) is 2.47. The summed E-state index contributed by atoms with van der Waals surface area (Å²) in [4.78, 5) is 13.9. The van der Waals surface area contributed by atoms with Crippen molar-refractivity contribution in [2.24, 2.45) is 0 Å². The monoisotopic (exact) mass is 308 g/mol. The molecule has 0 radical (unpaired) electrons. The summed E-state index contributed by atoms with van der Waals surface area (Å²) >= 11 is 0. The van der Waals surface area contributed by atoms with Crippen molar-refractivity contribution in [2.45, 2.75) is 16.8 Å². The van der Waals surface area contributed by atoms with Crippen molar-refractivity contribution < 1.29 is 18.1 Å². The highest BCUT2D eigenvalue weighted by Crippen LogP contribution is 2.36. The third kappa shape index (κ3) is 2.57. The Hall–Kier alpha value is -2.48. The van der Waals surface area contributed by atoms with Gasteiger partial charge in [-0.05, 0) is 25.1 Å². The summed E-state index contributed by atoms with van der Waals surface area (Å²) in [5.41, 5.74) is -0.268. The number of aromatic nitrogens is 1. The molecule has 2 aromatic rings. The standard InChI is InChI=1S/C13H12N2O5S/c1-9-10(15(16)17)6-7-11(20-2)13(9)21(18,19)12-5-3-4-8-14-12/h3-8H,1-2H3. The molecular formula is C13H12N2O5S. The minimum absolute atomic E-state index is 0.0185. The molecule has 1 aromatic heterocycles. The van der Waals surface area contributed by atoms with E-state index in [9.17, 15) is 18.5 Å². The summed E-state index contributed by atoms with van der Waals surface area (Å²) in [7, 11) is -2.71. The van der Waals surface area contributed by atoms with Gasteiger partial charge in [-0.25, -0.2) is 13.4 Å². The van der Waals surface area contributed by atoms with Crippen LogP contribution in [0.1, 0.15) is 5.56 Å². The summed E-state index contributed by atoms with van der Waals surface area (Å²) in [5, 5.41) is 10.8. The van der Waals surface area contributed by atoms with Gasteiger partial charge in [-0.3, -0.25) is 10.1 Å². The largest absolute Gasteiger partial charge is 0.495 e. The third-order valence-corrected chi connectivity index (χ3v) is 4.78. The van der Waals surface area contributed by atoms with Crippen LogP contribution in [0.15, 0.2) is 46.5 Å². The van der Waals surface area contributed by atoms with Crippen LogP contribution >= 0.6 is 0 Å². The average molecular weight is 308 g/mol. The molecule has 8 heteroatoms. The second-order valence-corrected chi connectivity index (χ2v) is 6.00. The van der Waals surface area contributed by atoms with E-state index in [1.54, 1.807) is 6.07 Å². The van der Waals surface area contributed by atoms with Gasteiger partial charge in [0.1, 0.15) is 10.6 Å². The maximum absolute atomic E-state index is 12.6. The third-order valence-electron chi connectivity index (χ3n) is 2.94. The molecule has 2 rings (SSSR count). The van der Waals surface area contributed by atoms with E-state index in [-0.39, 0.29) is 26.9 Å². The first kappa shape index (κ1) is 14.9. The van der Waals surface area contributed by atoms with Crippen molar-refractivity contribution in [1.29, 1.82) is 0 Å². The number of nitro groups is 1. The lowest BCUT2D eigenvalue weighted by molar-refractivity contribution is -0.385. The lowest BCUT2D eigenvalue weighted by Gasteiger charge is -2.12. The molecule has 0 bridgehead atoms. The number of nitrogens with zero attached hydrogens (tertiary/aromatic N) is 2. The normalized spacial score (nSPS) is 11.1. The van der Waals surface area contributed by atoms with Crippen molar-refractivity contribution >= 4 is 15.5 Å². The molecule has 110 valence electrons. The van der Waals surface area contributed by atoms with Crippen LogP contribution in [0.4, 0.5) is 5.69 Å². The Kier molecular flexibility index (Phi) is 3.90. The summed E-state index contributed by atoms with van der Waals surface area (Å²) in [6.07, 6.45) is 1.34. The Morgan fingerprint density at radius 2 is 1.95 bits per heavy atom. The number of ether oxygens (including phenoxy) is 1. The topological polar surface area (TPSA) is 99.4 Å². The Morgan fingerprint density at radius 3 is 2.48 bits per heavy atom. The van der Waals surface area contributed by atoms with Crippen molar-refractivity contribution in [3.8, 4) is 5.75 Å². The van der Waals surface area contributed by atoms with E-state index in [1.807, 2.05) is 0 Å². The molecule has 0 fully saturated rings. The number of hydrogen-bond donors (Lipinski definition) is 0. The predicted molar refractivity (Wildman–Crippen MR) is 74.1 cm³/mol. The van der Waals surface area contributed by atoms with Gasteiger partial charge in [0.05, 0.1) is 12.0 Å². The maximum atomic E-state index is 12.6. The molecule has 1 heterocycles. The maximum Gasteiger partial charge on any atom is 0.273 e. The van der Waals surface area contributed by atoms with Crippen molar-refractivity contribution in [2.75, 3.05) is 7.11 Å². The molecular weight excluding hydrogens is 296 g/mol. The van der Waals surface area contributed by atoms with Gasteiger partial charge in [0.15, 0.2) is 5.03 Å². The predicted octanol–water partition coefficient (Wildman–Crippen LogP) is 2.14. The smallest absolute Gasteiger partial charge is 0.273 e. The van der Waals surface area contributed by atoms with Gasteiger partial charge >= 0.3 is 0 Å². The van der Waals surface area contributed by atoms with Crippen molar-refractivity contribution in [3.63, 3.8) is 0 Å². The van der Waals surface area contributed by atoms with Gasteiger partial charge in [-0.15, -0.1) is 0 Å². The highest BCUT2D eigenvalue weighted by atomic mass is 32.2. The zero-order valence-corrected chi connectivity index (χ0v) is 12.1. The molecule has 1 aromatic carbocycles. The van der Waals surface area contributed by atoms with E-state index in [1.165, 1.54) is 44.5 Å².